The zero-order valence-electron chi connectivity index (χ0n) is 15.7. The van der Waals surface area contributed by atoms with Crippen LogP contribution in [-0.4, -0.2) is 55.6 Å². The van der Waals surface area contributed by atoms with E-state index in [1.165, 1.54) is 17.8 Å². The molecule has 0 bridgehead atoms. The second kappa shape index (κ2) is 7.55. The summed E-state index contributed by atoms with van der Waals surface area (Å²) in [5.74, 6) is -0.411. The molecule has 13 heteroatoms. The first-order valence-electron chi connectivity index (χ1n) is 9.08. The van der Waals surface area contributed by atoms with E-state index in [4.69, 9.17) is 0 Å². The Hall–Kier alpha value is -3.22. The van der Waals surface area contributed by atoms with Crippen LogP contribution in [0.3, 0.4) is 0 Å². The minimum Gasteiger partial charge on any atom is -0.366 e. The van der Waals surface area contributed by atoms with Gasteiger partial charge >= 0.3 is 6.18 Å². The summed E-state index contributed by atoms with van der Waals surface area (Å²) >= 11 is 0. The molecule has 3 N–H and O–H groups in total. The van der Waals surface area contributed by atoms with Gasteiger partial charge in [-0.2, -0.15) is 23.4 Å². The molecule has 3 aromatic rings. The fourth-order valence-electron chi connectivity index (χ4n) is 3.30. The molecule has 9 nitrogen and oxygen atoms in total. The number of halogens is 4. The summed E-state index contributed by atoms with van der Waals surface area (Å²) in [6, 6.07) is 1.43. The summed E-state index contributed by atoms with van der Waals surface area (Å²) in [5.41, 5.74) is -1.53. The van der Waals surface area contributed by atoms with Crippen molar-refractivity contribution in [1.82, 2.24) is 29.7 Å². The van der Waals surface area contributed by atoms with E-state index >= 15 is 0 Å². The predicted octanol–water partition coefficient (Wildman–Crippen LogP) is 1.85. The van der Waals surface area contributed by atoms with Gasteiger partial charge in [0.1, 0.15) is 17.6 Å². The van der Waals surface area contributed by atoms with Gasteiger partial charge in [-0.3, -0.25) is 9.48 Å². The quantitative estimate of drug-likeness (QED) is 0.551. The lowest BCUT2D eigenvalue weighted by molar-refractivity contribution is -0.140. The number of piperidine rings is 1. The molecule has 1 aliphatic rings. The number of alkyl halides is 4. The molecule has 0 aromatic carbocycles. The summed E-state index contributed by atoms with van der Waals surface area (Å²) in [5, 5.41) is 15.6. The normalized spacial score (nSPS) is 19.8. The number of fused-ring (bicyclic) bond motifs is 1. The van der Waals surface area contributed by atoms with Crippen molar-refractivity contribution < 1.29 is 22.4 Å². The molecule has 160 valence electrons. The topological polar surface area (TPSA) is 101 Å². The SMILES string of the molecule is Cn1cc(NC(=O)c2cnn3ccc(N[C@@H]4CNC[C@@H](F)C4)nc23)c(C(F)(F)F)n1. The Morgan fingerprint density at radius 2 is 2.13 bits per heavy atom. The van der Waals surface area contributed by atoms with Crippen LogP contribution in [-0.2, 0) is 13.2 Å². The standard InChI is InChI=1S/C17H18F4N8O/c1-28-8-12(14(27-28)17(19,20)21)25-16(30)11-7-23-29-3-2-13(26-15(11)29)24-10-4-9(18)5-22-6-10/h2-3,7-10,22H,4-6H2,1H3,(H,24,26)(H,25,30)/t9-,10-/m0/s1. The van der Waals surface area contributed by atoms with Crippen molar-refractivity contribution in [2.24, 2.45) is 7.05 Å². The molecule has 0 spiro atoms. The van der Waals surface area contributed by atoms with Crippen LogP contribution in [0.2, 0.25) is 0 Å². The maximum Gasteiger partial charge on any atom is 0.437 e. The highest BCUT2D eigenvalue weighted by Crippen LogP contribution is 2.33. The van der Waals surface area contributed by atoms with Gasteiger partial charge in [-0.15, -0.1) is 0 Å². The minimum absolute atomic E-state index is 0.0132. The second-order valence-corrected chi connectivity index (χ2v) is 6.99. The number of hydrogen-bond donors (Lipinski definition) is 3. The molecule has 2 atom stereocenters. The first kappa shape index (κ1) is 20.1. The third-order valence-corrected chi connectivity index (χ3v) is 4.61. The largest absolute Gasteiger partial charge is 0.437 e. The minimum atomic E-state index is -4.72. The Bertz CT molecular complexity index is 1080. The highest BCUT2D eigenvalue weighted by atomic mass is 19.4. The Morgan fingerprint density at radius 1 is 1.33 bits per heavy atom. The molecule has 0 aliphatic carbocycles. The second-order valence-electron chi connectivity index (χ2n) is 6.99. The average Bonchev–Trinajstić information content (AvgIpc) is 3.24. The van der Waals surface area contributed by atoms with Crippen LogP contribution >= 0.6 is 0 Å². The molecule has 30 heavy (non-hydrogen) atoms. The summed E-state index contributed by atoms with van der Waals surface area (Å²) in [7, 11) is 1.32. The number of carbonyl (C=O) groups is 1. The molecule has 1 saturated heterocycles. The van der Waals surface area contributed by atoms with Crippen LogP contribution in [0.5, 0.6) is 0 Å². The molecule has 4 rings (SSSR count). The Morgan fingerprint density at radius 3 is 2.87 bits per heavy atom. The molecule has 1 aliphatic heterocycles. The smallest absolute Gasteiger partial charge is 0.366 e. The van der Waals surface area contributed by atoms with E-state index in [9.17, 15) is 22.4 Å². The van der Waals surface area contributed by atoms with Gasteiger partial charge in [0.05, 0.1) is 11.9 Å². The summed E-state index contributed by atoms with van der Waals surface area (Å²) in [4.78, 5) is 17.0. The number of carbonyl (C=O) groups excluding carboxylic acids is 1. The summed E-state index contributed by atoms with van der Waals surface area (Å²) < 4.78 is 55.2. The van der Waals surface area contributed by atoms with Gasteiger partial charge in [-0.1, -0.05) is 0 Å². The van der Waals surface area contributed by atoms with Crippen molar-refractivity contribution in [1.29, 1.82) is 0 Å². The van der Waals surface area contributed by atoms with Gasteiger partial charge < -0.3 is 16.0 Å². The Labute approximate surface area is 167 Å². The van der Waals surface area contributed by atoms with E-state index in [0.29, 0.717) is 25.3 Å². The number of anilines is 2. The first-order chi connectivity index (χ1) is 14.2. The first-order valence-corrected chi connectivity index (χ1v) is 9.08. The van der Waals surface area contributed by atoms with Crippen LogP contribution in [0, 0.1) is 0 Å². The van der Waals surface area contributed by atoms with Gasteiger partial charge in [0.15, 0.2) is 11.3 Å². The molecular weight excluding hydrogens is 408 g/mol. The Balaban J connectivity index is 1.58. The molecule has 3 aromatic heterocycles. The highest BCUT2D eigenvalue weighted by molar-refractivity contribution is 6.08. The van der Waals surface area contributed by atoms with Gasteiger partial charge in [-0.25, -0.2) is 13.9 Å². The fourth-order valence-corrected chi connectivity index (χ4v) is 3.30. The third-order valence-electron chi connectivity index (χ3n) is 4.61. The lowest BCUT2D eigenvalue weighted by atomic mass is 10.1. The number of aromatic nitrogens is 5. The number of amides is 1. The number of rotatable bonds is 4. The van der Waals surface area contributed by atoms with E-state index < -0.39 is 29.6 Å². The average molecular weight is 426 g/mol. The van der Waals surface area contributed by atoms with E-state index in [1.54, 1.807) is 12.3 Å². The van der Waals surface area contributed by atoms with Gasteiger partial charge in [0, 0.05) is 45.0 Å². The molecule has 0 unspecified atom stereocenters. The van der Waals surface area contributed by atoms with Gasteiger partial charge in [0.2, 0.25) is 0 Å². The van der Waals surface area contributed by atoms with Crippen LogP contribution in [0.15, 0.2) is 24.7 Å². The van der Waals surface area contributed by atoms with Crippen molar-refractivity contribution in [2.75, 3.05) is 23.7 Å². The van der Waals surface area contributed by atoms with Crippen molar-refractivity contribution in [2.45, 2.75) is 24.8 Å². The number of hydrogen-bond acceptors (Lipinski definition) is 6. The van der Waals surface area contributed by atoms with Crippen LogP contribution in [0.1, 0.15) is 22.5 Å². The molecular formula is C17H18F4N8O. The number of nitrogens with one attached hydrogen (secondary N) is 3. The molecule has 4 heterocycles. The number of nitrogens with zero attached hydrogens (tertiary/aromatic N) is 5. The highest BCUT2D eigenvalue weighted by Gasteiger charge is 2.38. The summed E-state index contributed by atoms with van der Waals surface area (Å²) in [6.07, 6.45) is -1.55. The van der Waals surface area contributed by atoms with Crippen molar-refractivity contribution in [3.8, 4) is 0 Å². The maximum atomic E-state index is 13.6. The van der Waals surface area contributed by atoms with E-state index in [1.807, 2.05) is 0 Å². The lowest BCUT2D eigenvalue weighted by Crippen LogP contribution is -2.44. The fraction of sp³-hybridized carbons (Fsp3) is 0.412. The third kappa shape index (κ3) is 4.06. The zero-order chi connectivity index (χ0) is 21.5. The molecule has 0 saturated carbocycles. The Kier molecular flexibility index (Phi) is 5.05. The summed E-state index contributed by atoms with van der Waals surface area (Å²) in [6.45, 7) is 0.854. The molecule has 0 radical (unpaired) electrons. The van der Waals surface area contributed by atoms with Gasteiger partial charge in [0.25, 0.3) is 5.91 Å². The van der Waals surface area contributed by atoms with Gasteiger partial charge in [-0.05, 0) is 6.07 Å². The van der Waals surface area contributed by atoms with Crippen LogP contribution in [0.25, 0.3) is 5.65 Å². The van der Waals surface area contributed by atoms with Crippen LogP contribution < -0.4 is 16.0 Å². The van der Waals surface area contributed by atoms with Crippen molar-refractivity contribution in [3.05, 3.63) is 35.9 Å². The monoisotopic (exact) mass is 426 g/mol. The predicted molar refractivity (Wildman–Crippen MR) is 98.9 cm³/mol. The lowest BCUT2D eigenvalue weighted by Gasteiger charge is -2.26. The van der Waals surface area contributed by atoms with Crippen molar-refractivity contribution >= 4 is 23.1 Å². The van der Waals surface area contributed by atoms with E-state index in [0.717, 1.165) is 10.9 Å². The molecule has 1 fully saturated rings. The molecule has 1 amide bonds. The van der Waals surface area contributed by atoms with Crippen LogP contribution in [0.4, 0.5) is 29.1 Å². The van der Waals surface area contributed by atoms with E-state index in [2.05, 4.69) is 31.1 Å². The van der Waals surface area contributed by atoms with Crippen molar-refractivity contribution in [3.63, 3.8) is 0 Å². The number of aryl methyl sites for hydroxylation is 1. The zero-order valence-corrected chi connectivity index (χ0v) is 15.7. The van der Waals surface area contributed by atoms with E-state index in [-0.39, 0.29) is 17.3 Å². The maximum absolute atomic E-state index is 13.6.